The molecule has 2 aromatic heterocycles. The van der Waals surface area contributed by atoms with E-state index in [2.05, 4.69) is 48.1 Å². The first-order chi connectivity index (χ1) is 16.2. The van der Waals surface area contributed by atoms with Gasteiger partial charge in [-0.05, 0) is 98.6 Å². The molecule has 180 valence electrons. The second-order valence-electron chi connectivity index (χ2n) is 10.8. The minimum absolute atomic E-state index is 0.0239. The van der Waals surface area contributed by atoms with E-state index in [1.54, 1.807) is 0 Å². The summed E-state index contributed by atoms with van der Waals surface area (Å²) in [5.41, 5.74) is 2.91. The number of nitrogens with zero attached hydrogens (tertiary/aromatic N) is 2. The third kappa shape index (κ3) is 6.23. The summed E-state index contributed by atoms with van der Waals surface area (Å²) in [7, 11) is 0. The largest absolute Gasteiger partial charge is 0.369 e. The lowest BCUT2D eigenvalue weighted by Gasteiger charge is -2.50. The van der Waals surface area contributed by atoms with Crippen molar-refractivity contribution in [1.29, 1.82) is 0 Å². The van der Waals surface area contributed by atoms with E-state index in [1.807, 2.05) is 24.8 Å². The van der Waals surface area contributed by atoms with E-state index >= 15 is 0 Å². The van der Waals surface area contributed by atoms with Gasteiger partial charge in [0.05, 0.1) is 11.2 Å². The van der Waals surface area contributed by atoms with E-state index in [4.69, 9.17) is 4.74 Å². The highest BCUT2D eigenvalue weighted by molar-refractivity contribution is 5.18. The third-order valence-electron chi connectivity index (χ3n) is 8.54. The number of rotatable bonds is 10. The van der Waals surface area contributed by atoms with E-state index in [1.165, 1.54) is 75.3 Å². The van der Waals surface area contributed by atoms with E-state index in [9.17, 15) is 0 Å². The highest BCUT2D eigenvalue weighted by Crippen LogP contribution is 2.49. The molecule has 0 saturated heterocycles. The Kier molecular flexibility index (Phi) is 8.57. The van der Waals surface area contributed by atoms with Gasteiger partial charge in [-0.3, -0.25) is 9.97 Å². The Morgan fingerprint density at radius 1 is 0.636 bits per heavy atom. The van der Waals surface area contributed by atoms with Crippen molar-refractivity contribution in [1.82, 2.24) is 9.97 Å². The van der Waals surface area contributed by atoms with Gasteiger partial charge in [-0.2, -0.15) is 0 Å². The van der Waals surface area contributed by atoms with E-state index < -0.39 is 0 Å². The number of ether oxygens (including phenoxy) is 1. The molecule has 4 rings (SSSR count). The number of hydrogen-bond acceptors (Lipinski definition) is 3. The molecule has 0 radical (unpaired) electrons. The fraction of sp³-hybridized carbons (Fsp3) is 0.667. The summed E-state index contributed by atoms with van der Waals surface area (Å²) in [6, 6.07) is 8.88. The quantitative estimate of drug-likeness (QED) is 0.366. The maximum Gasteiger partial charge on any atom is 0.0696 e. The molecule has 2 saturated carbocycles. The molecule has 2 heterocycles. The van der Waals surface area contributed by atoms with Gasteiger partial charge in [-0.15, -0.1) is 0 Å². The molecule has 2 unspecified atom stereocenters. The van der Waals surface area contributed by atoms with Gasteiger partial charge < -0.3 is 4.74 Å². The number of pyridine rings is 2. The fourth-order valence-corrected chi connectivity index (χ4v) is 6.71. The van der Waals surface area contributed by atoms with Gasteiger partial charge in [0.1, 0.15) is 0 Å². The Labute approximate surface area is 201 Å². The van der Waals surface area contributed by atoms with Crippen LogP contribution in [0.5, 0.6) is 0 Å². The van der Waals surface area contributed by atoms with Crippen LogP contribution in [0.25, 0.3) is 0 Å². The van der Waals surface area contributed by atoms with Crippen LogP contribution in [0.3, 0.4) is 0 Å². The van der Waals surface area contributed by atoms with Gasteiger partial charge in [0.2, 0.25) is 0 Å². The molecule has 0 bridgehead atoms. The number of hydrogen-bond donors (Lipinski definition) is 0. The maximum absolute atomic E-state index is 7.58. The molecule has 2 aliphatic rings. The van der Waals surface area contributed by atoms with E-state index in [-0.39, 0.29) is 11.2 Å². The van der Waals surface area contributed by atoms with E-state index in [0.29, 0.717) is 11.8 Å². The van der Waals surface area contributed by atoms with Gasteiger partial charge in [-0.25, -0.2) is 0 Å². The van der Waals surface area contributed by atoms with Crippen molar-refractivity contribution in [2.45, 2.75) is 127 Å². The molecule has 0 amide bonds. The summed E-state index contributed by atoms with van der Waals surface area (Å²) in [5, 5.41) is 0. The van der Waals surface area contributed by atoms with Gasteiger partial charge in [0, 0.05) is 24.8 Å². The molecule has 33 heavy (non-hydrogen) atoms. The van der Waals surface area contributed by atoms with Crippen LogP contribution in [-0.4, -0.2) is 21.2 Å². The average molecular weight is 449 g/mol. The van der Waals surface area contributed by atoms with Crippen LogP contribution in [0, 0.1) is 0 Å². The topological polar surface area (TPSA) is 35.0 Å². The summed E-state index contributed by atoms with van der Waals surface area (Å²) >= 11 is 0. The predicted octanol–water partition coefficient (Wildman–Crippen LogP) is 8.37. The summed E-state index contributed by atoms with van der Waals surface area (Å²) < 4.78 is 7.58. The first-order valence-corrected chi connectivity index (χ1v) is 13.7. The van der Waals surface area contributed by atoms with Crippen molar-refractivity contribution < 1.29 is 4.74 Å². The Balaban J connectivity index is 1.60. The Bertz CT molecular complexity index is 740. The second-order valence-corrected chi connectivity index (χ2v) is 10.8. The predicted molar refractivity (Wildman–Crippen MR) is 136 cm³/mol. The molecule has 2 aliphatic carbocycles. The third-order valence-corrected chi connectivity index (χ3v) is 8.54. The molecule has 0 spiro atoms. The highest BCUT2D eigenvalue weighted by Gasteiger charge is 2.45. The molecule has 0 N–H and O–H groups in total. The summed E-state index contributed by atoms with van der Waals surface area (Å²) in [6.45, 7) is 4.68. The van der Waals surface area contributed by atoms with Crippen LogP contribution < -0.4 is 0 Å². The van der Waals surface area contributed by atoms with Crippen molar-refractivity contribution in [2.75, 3.05) is 0 Å². The normalized spacial score (nSPS) is 21.9. The van der Waals surface area contributed by atoms with Crippen LogP contribution in [0.1, 0.15) is 127 Å². The summed E-state index contributed by atoms with van der Waals surface area (Å²) in [4.78, 5) is 8.53. The van der Waals surface area contributed by atoms with Crippen LogP contribution in [-0.2, 0) is 4.74 Å². The smallest absolute Gasteiger partial charge is 0.0696 e. The zero-order valence-electron chi connectivity index (χ0n) is 21.0. The van der Waals surface area contributed by atoms with Crippen LogP contribution in [0.2, 0.25) is 0 Å². The van der Waals surface area contributed by atoms with Crippen molar-refractivity contribution in [3.8, 4) is 0 Å². The Hall–Kier alpha value is -1.74. The zero-order chi connectivity index (χ0) is 23.0. The highest BCUT2D eigenvalue weighted by atomic mass is 16.5. The zero-order valence-corrected chi connectivity index (χ0v) is 21.0. The molecule has 2 fully saturated rings. The Morgan fingerprint density at radius 3 is 1.33 bits per heavy atom. The molecular formula is C30H44N2O. The van der Waals surface area contributed by atoms with Gasteiger partial charge in [0.25, 0.3) is 0 Å². The molecule has 3 nitrogen and oxygen atoms in total. The van der Waals surface area contributed by atoms with Crippen LogP contribution in [0.4, 0.5) is 0 Å². The molecule has 3 heteroatoms. The lowest BCUT2D eigenvalue weighted by Crippen LogP contribution is -2.48. The Morgan fingerprint density at radius 2 is 1.00 bits per heavy atom. The average Bonchev–Trinajstić information content (AvgIpc) is 2.88. The van der Waals surface area contributed by atoms with Gasteiger partial charge in [0.15, 0.2) is 0 Å². The van der Waals surface area contributed by atoms with E-state index in [0.717, 1.165) is 25.7 Å². The molecular weight excluding hydrogens is 404 g/mol. The minimum atomic E-state index is 0.0239. The number of aromatic nitrogens is 2. The molecule has 0 aliphatic heterocycles. The first-order valence-electron chi connectivity index (χ1n) is 13.7. The molecule has 2 aromatic rings. The van der Waals surface area contributed by atoms with Crippen molar-refractivity contribution in [2.24, 2.45) is 0 Å². The standard InChI is InChI=1S/C30H44N2O/c1-3-25(27-11-19-31-20-12-27)23-29(15-7-5-8-16-29)33-30(17-9-6-10-18-30)24-26(4-2)28-13-21-32-22-14-28/h11-14,19-22,25-26H,3-10,15-18,23-24H2,1-2H3. The monoisotopic (exact) mass is 448 g/mol. The first kappa shape index (κ1) is 24.4. The maximum atomic E-state index is 7.58. The molecule has 0 aromatic carbocycles. The fourth-order valence-electron chi connectivity index (χ4n) is 6.71. The van der Waals surface area contributed by atoms with Crippen molar-refractivity contribution in [3.63, 3.8) is 0 Å². The second kappa shape index (κ2) is 11.6. The summed E-state index contributed by atoms with van der Waals surface area (Å²) in [6.07, 6.45) is 25.3. The van der Waals surface area contributed by atoms with Crippen LogP contribution >= 0.6 is 0 Å². The lowest BCUT2D eigenvalue weighted by atomic mass is 9.72. The minimum Gasteiger partial charge on any atom is -0.369 e. The molecule has 2 atom stereocenters. The lowest BCUT2D eigenvalue weighted by molar-refractivity contribution is -0.195. The van der Waals surface area contributed by atoms with Gasteiger partial charge >= 0.3 is 0 Å². The summed E-state index contributed by atoms with van der Waals surface area (Å²) in [5.74, 6) is 1.10. The van der Waals surface area contributed by atoms with Crippen molar-refractivity contribution >= 4 is 0 Å². The van der Waals surface area contributed by atoms with Gasteiger partial charge in [-0.1, -0.05) is 52.4 Å². The van der Waals surface area contributed by atoms with Crippen LogP contribution in [0.15, 0.2) is 49.1 Å². The SMILES string of the molecule is CCC(CC1(OC2(CC(CC)c3ccncc3)CCCCC2)CCCCC1)c1ccncc1. The van der Waals surface area contributed by atoms with Crippen molar-refractivity contribution in [3.05, 3.63) is 60.2 Å².